The van der Waals surface area contributed by atoms with Crippen LogP contribution in [0.1, 0.15) is 23.3 Å². The molecule has 2 atom stereocenters. The molecule has 1 N–H and O–H groups in total. The standard InChI is InChI=1S/C19H21N5OS/c1-23-10-13-3-2-7-24(11-16(13)23)19(25)17-14-5-4-12(9-15(14)21-22-17)18-20-6-8-26-18/h4-6,8-9,13,16H,2-3,7,10-11H2,1H3,(H,21,22). The summed E-state index contributed by atoms with van der Waals surface area (Å²) in [6.07, 6.45) is 4.10. The number of H-pyrrole nitrogens is 1. The summed E-state index contributed by atoms with van der Waals surface area (Å²) < 4.78 is 0. The molecule has 1 aromatic carbocycles. The predicted octanol–water partition coefficient (Wildman–Crippen LogP) is 2.85. The lowest BCUT2D eigenvalue weighted by Gasteiger charge is -2.46. The van der Waals surface area contributed by atoms with E-state index in [4.69, 9.17) is 0 Å². The zero-order chi connectivity index (χ0) is 17.7. The van der Waals surface area contributed by atoms with Crippen LogP contribution in [-0.2, 0) is 0 Å². The maximum Gasteiger partial charge on any atom is 0.275 e. The molecule has 1 amide bonds. The van der Waals surface area contributed by atoms with Gasteiger partial charge in [-0.25, -0.2) is 4.98 Å². The quantitative estimate of drug-likeness (QED) is 0.756. The van der Waals surface area contributed by atoms with Gasteiger partial charge in [0.2, 0.25) is 0 Å². The Kier molecular flexibility index (Phi) is 3.79. The van der Waals surface area contributed by atoms with Gasteiger partial charge in [-0.15, -0.1) is 11.3 Å². The average molecular weight is 367 g/mol. The molecule has 0 bridgehead atoms. The van der Waals surface area contributed by atoms with Crippen LogP contribution in [0.5, 0.6) is 0 Å². The molecule has 4 heterocycles. The van der Waals surface area contributed by atoms with Gasteiger partial charge in [0.05, 0.1) is 5.52 Å². The van der Waals surface area contributed by atoms with Crippen LogP contribution in [0.2, 0.25) is 0 Å². The first-order chi connectivity index (χ1) is 12.7. The fourth-order valence-electron chi connectivity index (χ4n) is 4.30. The van der Waals surface area contributed by atoms with Gasteiger partial charge in [0.15, 0.2) is 5.69 Å². The second-order valence-corrected chi connectivity index (χ2v) is 8.22. The number of carbonyl (C=O) groups excluding carboxylic acids is 1. The number of benzene rings is 1. The van der Waals surface area contributed by atoms with Gasteiger partial charge < -0.3 is 9.80 Å². The number of nitrogens with zero attached hydrogens (tertiary/aromatic N) is 4. The molecule has 0 radical (unpaired) electrons. The minimum atomic E-state index is 0.0409. The van der Waals surface area contributed by atoms with Crippen LogP contribution in [0.25, 0.3) is 21.5 Å². The zero-order valence-electron chi connectivity index (χ0n) is 14.7. The highest BCUT2D eigenvalue weighted by Gasteiger charge is 2.40. The number of likely N-dealkylation sites (tertiary alicyclic amines) is 2. The highest BCUT2D eigenvalue weighted by molar-refractivity contribution is 7.13. The van der Waals surface area contributed by atoms with Crippen molar-refractivity contribution in [3.05, 3.63) is 35.5 Å². The van der Waals surface area contributed by atoms with E-state index in [1.807, 2.05) is 28.5 Å². The first-order valence-corrected chi connectivity index (χ1v) is 9.96. The van der Waals surface area contributed by atoms with Crippen molar-refractivity contribution >= 4 is 28.1 Å². The van der Waals surface area contributed by atoms with Gasteiger partial charge in [-0.2, -0.15) is 5.10 Å². The lowest BCUT2D eigenvalue weighted by atomic mass is 9.86. The third-order valence-electron chi connectivity index (χ3n) is 5.78. The Morgan fingerprint density at radius 3 is 3.08 bits per heavy atom. The molecule has 5 rings (SSSR count). The van der Waals surface area contributed by atoms with E-state index in [9.17, 15) is 4.79 Å². The number of amides is 1. The maximum absolute atomic E-state index is 13.1. The van der Waals surface area contributed by atoms with Crippen molar-refractivity contribution in [2.75, 3.05) is 26.7 Å². The van der Waals surface area contributed by atoms with Gasteiger partial charge >= 0.3 is 0 Å². The van der Waals surface area contributed by atoms with E-state index in [1.54, 1.807) is 17.5 Å². The smallest absolute Gasteiger partial charge is 0.275 e. The molecule has 0 saturated carbocycles. The van der Waals surface area contributed by atoms with Crippen LogP contribution >= 0.6 is 11.3 Å². The first-order valence-electron chi connectivity index (χ1n) is 9.08. The van der Waals surface area contributed by atoms with Crippen molar-refractivity contribution in [1.82, 2.24) is 25.0 Å². The highest BCUT2D eigenvalue weighted by atomic mass is 32.1. The number of fused-ring (bicyclic) bond motifs is 2. The summed E-state index contributed by atoms with van der Waals surface area (Å²) in [7, 11) is 2.15. The lowest BCUT2D eigenvalue weighted by molar-refractivity contribution is 0.0252. The van der Waals surface area contributed by atoms with Crippen molar-refractivity contribution in [2.45, 2.75) is 18.9 Å². The Labute approximate surface area is 155 Å². The number of aromatic nitrogens is 3. The second kappa shape index (κ2) is 6.17. The number of nitrogens with one attached hydrogen (secondary N) is 1. The van der Waals surface area contributed by atoms with Crippen LogP contribution in [-0.4, -0.2) is 63.6 Å². The molecule has 2 fully saturated rings. The van der Waals surface area contributed by atoms with E-state index in [2.05, 4.69) is 27.1 Å². The van der Waals surface area contributed by atoms with Gasteiger partial charge in [0.25, 0.3) is 5.91 Å². The summed E-state index contributed by atoms with van der Waals surface area (Å²) in [5.41, 5.74) is 2.46. The third kappa shape index (κ3) is 2.54. The summed E-state index contributed by atoms with van der Waals surface area (Å²) >= 11 is 1.60. The van der Waals surface area contributed by atoms with Gasteiger partial charge in [-0.3, -0.25) is 9.89 Å². The van der Waals surface area contributed by atoms with Crippen molar-refractivity contribution < 1.29 is 4.79 Å². The molecule has 26 heavy (non-hydrogen) atoms. The van der Waals surface area contributed by atoms with Gasteiger partial charge in [-0.1, -0.05) is 6.07 Å². The van der Waals surface area contributed by atoms with Crippen molar-refractivity contribution in [3.8, 4) is 10.6 Å². The Morgan fingerprint density at radius 2 is 2.27 bits per heavy atom. The largest absolute Gasteiger partial charge is 0.336 e. The molecule has 0 aliphatic carbocycles. The second-order valence-electron chi connectivity index (χ2n) is 7.33. The van der Waals surface area contributed by atoms with Crippen LogP contribution in [0.3, 0.4) is 0 Å². The van der Waals surface area contributed by atoms with E-state index >= 15 is 0 Å². The van der Waals surface area contributed by atoms with Crippen LogP contribution in [0, 0.1) is 5.92 Å². The third-order valence-corrected chi connectivity index (χ3v) is 6.60. The van der Waals surface area contributed by atoms with Gasteiger partial charge in [-0.05, 0) is 37.9 Å². The van der Waals surface area contributed by atoms with Crippen LogP contribution in [0.4, 0.5) is 0 Å². The van der Waals surface area contributed by atoms with E-state index in [0.29, 0.717) is 11.7 Å². The molecule has 7 heteroatoms. The topological polar surface area (TPSA) is 65.1 Å². The number of likely N-dealkylation sites (N-methyl/N-ethyl adjacent to an activating group) is 1. The molecule has 2 unspecified atom stereocenters. The summed E-state index contributed by atoms with van der Waals surface area (Å²) in [6.45, 7) is 2.80. The average Bonchev–Trinajstić information content (AvgIpc) is 3.28. The Balaban J connectivity index is 1.44. The van der Waals surface area contributed by atoms with Crippen molar-refractivity contribution in [2.24, 2.45) is 5.92 Å². The Morgan fingerprint density at radius 1 is 1.35 bits per heavy atom. The summed E-state index contributed by atoms with van der Waals surface area (Å²) in [6, 6.07) is 6.53. The molecule has 2 aliphatic rings. The molecule has 6 nitrogen and oxygen atoms in total. The molecular weight excluding hydrogens is 346 g/mol. The first kappa shape index (κ1) is 16.0. The number of hydrogen-bond acceptors (Lipinski definition) is 5. The SMILES string of the molecule is CN1CC2CCCN(C(=O)c3n[nH]c4cc(-c5nccs5)ccc34)CC21. The van der Waals surface area contributed by atoms with Crippen molar-refractivity contribution in [3.63, 3.8) is 0 Å². The van der Waals surface area contributed by atoms with Crippen LogP contribution < -0.4 is 0 Å². The number of carbonyl (C=O) groups is 1. The minimum Gasteiger partial charge on any atom is -0.336 e. The number of aromatic amines is 1. The maximum atomic E-state index is 13.1. The van der Waals surface area contributed by atoms with E-state index in [-0.39, 0.29) is 5.91 Å². The van der Waals surface area contributed by atoms with E-state index in [1.165, 1.54) is 6.42 Å². The molecule has 3 aromatic rings. The number of rotatable bonds is 2. The molecule has 134 valence electrons. The fourth-order valence-corrected chi connectivity index (χ4v) is 4.93. The van der Waals surface area contributed by atoms with Gasteiger partial charge in [0.1, 0.15) is 5.01 Å². The number of thiazole rings is 1. The lowest BCUT2D eigenvalue weighted by Crippen LogP contribution is -2.57. The van der Waals surface area contributed by atoms with Crippen LogP contribution in [0.15, 0.2) is 29.8 Å². The minimum absolute atomic E-state index is 0.0409. The summed E-state index contributed by atoms with van der Waals surface area (Å²) in [4.78, 5) is 21.8. The molecular formula is C19H21N5OS. The Hall–Kier alpha value is -2.25. The Bertz CT molecular complexity index is 950. The molecule has 0 spiro atoms. The van der Waals surface area contributed by atoms with E-state index in [0.717, 1.165) is 53.4 Å². The monoisotopic (exact) mass is 367 g/mol. The number of hydrogen-bond donors (Lipinski definition) is 1. The zero-order valence-corrected chi connectivity index (χ0v) is 15.5. The van der Waals surface area contributed by atoms with E-state index < -0.39 is 0 Å². The molecule has 2 aromatic heterocycles. The highest BCUT2D eigenvalue weighted by Crippen LogP contribution is 2.32. The molecule has 2 aliphatic heterocycles. The van der Waals surface area contributed by atoms with Gasteiger partial charge in [0, 0.05) is 48.2 Å². The fraction of sp³-hybridized carbons (Fsp3) is 0.421. The summed E-state index contributed by atoms with van der Waals surface area (Å²) in [5, 5.41) is 11.2. The predicted molar refractivity (Wildman–Crippen MR) is 102 cm³/mol. The molecule has 2 saturated heterocycles. The normalized spacial score (nSPS) is 23.5. The summed E-state index contributed by atoms with van der Waals surface area (Å²) in [5.74, 6) is 0.786. The van der Waals surface area contributed by atoms with Crippen molar-refractivity contribution in [1.29, 1.82) is 0 Å².